The Morgan fingerprint density at radius 2 is 1.82 bits per heavy atom. The number of nitrogens with zero attached hydrogens (tertiary/aromatic N) is 3. The molecule has 2 aromatic carbocycles. The molecular formula is C25H23N3O5S. The van der Waals surface area contributed by atoms with Crippen LogP contribution in [0.25, 0.3) is 6.08 Å². The van der Waals surface area contributed by atoms with Crippen molar-refractivity contribution in [1.29, 1.82) is 0 Å². The van der Waals surface area contributed by atoms with Gasteiger partial charge in [-0.25, -0.2) is 14.8 Å². The van der Waals surface area contributed by atoms with Gasteiger partial charge in [0.2, 0.25) is 11.8 Å². The van der Waals surface area contributed by atoms with E-state index in [2.05, 4.69) is 9.98 Å². The number of amides is 1. The third-order valence-electron chi connectivity index (χ3n) is 5.34. The minimum absolute atomic E-state index is 0.106. The monoisotopic (exact) mass is 477 g/mol. The standard InChI is InChI=1S/C25H23N3O5S/c1-14-7-6-8-22(15(14)2)28(16(3)29)25-26-18(13-34-25)11-21-24(30)33-23(27-21)17-9-19(31-4)12-20(10-17)32-5/h6-13H,1-5H3/b21-11+. The molecule has 8 nitrogen and oxygen atoms in total. The minimum Gasteiger partial charge on any atom is -0.497 e. The molecule has 2 heterocycles. The van der Waals surface area contributed by atoms with Crippen LogP contribution < -0.4 is 14.4 Å². The van der Waals surface area contributed by atoms with Crippen LogP contribution in [0.1, 0.15) is 29.3 Å². The van der Waals surface area contributed by atoms with Gasteiger partial charge >= 0.3 is 5.97 Å². The van der Waals surface area contributed by atoms with E-state index in [1.54, 1.807) is 28.5 Å². The van der Waals surface area contributed by atoms with Crippen LogP contribution in [-0.2, 0) is 14.3 Å². The lowest BCUT2D eigenvalue weighted by molar-refractivity contribution is -0.130. The van der Waals surface area contributed by atoms with Gasteiger partial charge in [0.25, 0.3) is 0 Å². The summed E-state index contributed by atoms with van der Waals surface area (Å²) in [6.45, 7) is 5.46. The summed E-state index contributed by atoms with van der Waals surface area (Å²) < 4.78 is 15.9. The fourth-order valence-electron chi connectivity index (χ4n) is 3.43. The van der Waals surface area contributed by atoms with Crippen LogP contribution in [0.15, 0.2) is 52.5 Å². The number of carbonyl (C=O) groups is 2. The summed E-state index contributed by atoms with van der Waals surface area (Å²) in [6, 6.07) is 10.9. The fraction of sp³-hybridized carbons (Fsp3) is 0.200. The maximum atomic E-state index is 12.5. The molecular weight excluding hydrogens is 454 g/mol. The minimum atomic E-state index is -0.593. The topological polar surface area (TPSA) is 90.3 Å². The highest BCUT2D eigenvalue weighted by atomic mass is 32.1. The molecule has 3 aromatic rings. The molecule has 1 amide bonds. The number of aromatic nitrogens is 1. The maximum absolute atomic E-state index is 12.5. The Labute approximate surface area is 201 Å². The molecule has 0 N–H and O–H groups in total. The zero-order valence-electron chi connectivity index (χ0n) is 19.4. The Hall–Kier alpha value is -3.98. The third kappa shape index (κ3) is 4.55. The molecule has 1 aliphatic rings. The summed E-state index contributed by atoms with van der Waals surface area (Å²) in [6.07, 6.45) is 1.54. The largest absolute Gasteiger partial charge is 0.497 e. The van der Waals surface area contributed by atoms with E-state index in [0.717, 1.165) is 16.8 Å². The number of hydrogen-bond acceptors (Lipinski definition) is 8. The van der Waals surface area contributed by atoms with Gasteiger partial charge < -0.3 is 14.2 Å². The summed E-state index contributed by atoms with van der Waals surface area (Å²) in [5.74, 6) is 0.486. The summed E-state index contributed by atoms with van der Waals surface area (Å²) in [4.78, 5) is 35.4. The van der Waals surface area contributed by atoms with E-state index in [0.29, 0.717) is 27.9 Å². The molecule has 1 aromatic heterocycles. The van der Waals surface area contributed by atoms with Gasteiger partial charge in [0.05, 0.1) is 25.6 Å². The predicted molar refractivity (Wildman–Crippen MR) is 131 cm³/mol. The highest BCUT2D eigenvalue weighted by Gasteiger charge is 2.26. The zero-order chi connectivity index (χ0) is 24.4. The molecule has 0 atom stereocenters. The number of methoxy groups -OCH3 is 2. The van der Waals surface area contributed by atoms with E-state index < -0.39 is 5.97 Å². The Morgan fingerprint density at radius 3 is 2.47 bits per heavy atom. The first kappa shape index (κ1) is 23.2. The molecule has 0 unspecified atom stereocenters. The fourth-order valence-corrected chi connectivity index (χ4v) is 4.27. The first-order valence-electron chi connectivity index (χ1n) is 10.4. The van der Waals surface area contributed by atoms with Crippen molar-refractivity contribution in [2.75, 3.05) is 19.1 Å². The highest BCUT2D eigenvalue weighted by Crippen LogP contribution is 2.33. The lowest BCUT2D eigenvalue weighted by atomic mass is 10.1. The van der Waals surface area contributed by atoms with Gasteiger partial charge in [-0.3, -0.25) is 9.69 Å². The average Bonchev–Trinajstić information content (AvgIpc) is 3.43. The lowest BCUT2D eigenvalue weighted by Crippen LogP contribution is -2.23. The Morgan fingerprint density at radius 1 is 1.12 bits per heavy atom. The number of carbonyl (C=O) groups excluding carboxylic acids is 2. The van der Waals surface area contributed by atoms with Crippen molar-refractivity contribution in [1.82, 2.24) is 4.98 Å². The summed E-state index contributed by atoms with van der Waals surface area (Å²) >= 11 is 1.30. The number of cyclic esters (lactones) is 1. The smallest absolute Gasteiger partial charge is 0.363 e. The number of aliphatic imine (C=N–C) groups is 1. The van der Waals surface area contributed by atoms with Crippen molar-refractivity contribution in [3.8, 4) is 11.5 Å². The quantitative estimate of drug-likeness (QED) is 0.374. The van der Waals surface area contributed by atoms with Crippen molar-refractivity contribution >= 4 is 46.0 Å². The van der Waals surface area contributed by atoms with Crippen LogP contribution in [0.2, 0.25) is 0 Å². The van der Waals surface area contributed by atoms with Crippen LogP contribution in [0.3, 0.4) is 0 Å². The maximum Gasteiger partial charge on any atom is 0.363 e. The SMILES string of the molecule is COc1cc(OC)cc(C2=N/C(=C/c3csc(N(C(C)=O)c4cccc(C)c4C)n3)C(=O)O2)c1. The molecule has 0 saturated carbocycles. The Bertz CT molecular complexity index is 1320. The van der Waals surface area contributed by atoms with Gasteiger partial charge in [-0.15, -0.1) is 11.3 Å². The molecule has 0 spiro atoms. The van der Waals surface area contributed by atoms with Gasteiger partial charge in [-0.1, -0.05) is 12.1 Å². The van der Waals surface area contributed by atoms with Crippen molar-refractivity contribution in [2.24, 2.45) is 4.99 Å². The van der Waals surface area contributed by atoms with Crippen molar-refractivity contribution in [3.05, 3.63) is 69.9 Å². The molecule has 0 fully saturated rings. The lowest BCUT2D eigenvalue weighted by Gasteiger charge is -2.21. The van der Waals surface area contributed by atoms with Gasteiger partial charge in [-0.2, -0.15) is 0 Å². The molecule has 0 aliphatic carbocycles. The first-order valence-corrected chi connectivity index (χ1v) is 11.3. The molecule has 0 radical (unpaired) electrons. The number of rotatable bonds is 6. The molecule has 0 saturated heterocycles. The van der Waals surface area contributed by atoms with Gasteiger partial charge in [-0.05, 0) is 49.2 Å². The molecule has 1 aliphatic heterocycles. The number of anilines is 2. The van der Waals surface area contributed by atoms with Crippen molar-refractivity contribution in [3.63, 3.8) is 0 Å². The third-order valence-corrected chi connectivity index (χ3v) is 6.18. The van der Waals surface area contributed by atoms with Crippen LogP contribution in [0.4, 0.5) is 10.8 Å². The molecule has 34 heavy (non-hydrogen) atoms. The number of esters is 1. The van der Waals surface area contributed by atoms with E-state index >= 15 is 0 Å². The molecule has 4 rings (SSSR count). The van der Waals surface area contributed by atoms with E-state index in [1.165, 1.54) is 38.6 Å². The van der Waals surface area contributed by atoms with Gasteiger partial charge in [0, 0.05) is 23.9 Å². The molecule has 9 heteroatoms. The van der Waals surface area contributed by atoms with Crippen molar-refractivity contribution in [2.45, 2.75) is 20.8 Å². The second-order valence-electron chi connectivity index (χ2n) is 7.57. The van der Waals surface area contributed by atoms with Crippen LogP contribution >= 0.6 is 11.3 Å². The molecule has 0 bridgehead atoms. The second kappa shape index (κ2) is 9.48. The van der Waals surface area contributed by atoms with Crippen LogP contribution in [0.5, 0.6) is 11.5 Å². The van der Waals surface area contributed by atoms with Crippen LogP contribution in [0, 0.1) is 13.8 Å². The van der Waals surface area contributed by atoms with Gasteiger partial charge in [0.1, 0.15) is 11.5 Å². The normalized spacial score (nSPS) is 14.1. The average molecular weight is 478 g/mol. The molecule has 174 valence electrons. The van der Waals surface area contributed by atoms with E-state index in [9.17, 15) is 9.59 Å². The summed E-state index contributed by atoms with van der Waals surface area (Å²) in [5, 5.41) is 2.26. The number of aryl methyl sites for hydroxylation is 1. The number of thiazole rings is 1. The first-order chi connectivity index (χ1) is 16.3. The summed E-state index contributed by atoms with van der Waals surface area (Å²) in [7, 11) is 3.07. The van der Waals surface area contributed by atoms with Crippen molar-refractivity contribution < 1.29 is 23.8 Å². The van der Waals surface area contributed by atoms with Crippen LogP contribution in [-0.4, -0.2) is 37.0 Å². The van der Waals surface area contributed by atoms with E-state index in [1.807, 2.05) is 32.0 Å². The van der Waals surface area contributed by atoms with E-state index in [4.69, 9.17) is 14.2 Å². The number of ether oxygens (including phenoxy) is 3. The second-order valence-corrected chi connectivity index (χ2v) is 8.40. The Kier molecular flexibility index (Phi) is 6.47. The summed E-state index contributed by atoms with van der Waals surface area (Å²) in [5.41, 5.74) is 3.99. The Balaban J connectivity index is 1.66. The number of hydrogen-bond donors (Lipinski definition) is 0. The predicted octanol–water partition coefficient (Wildman–Crippen LogP) is 4.81. The van der Waals surface area contributed by atoms with E-state index in [-0.39, 0.29) is 17.5 Å². The zero-order valence-corrected chi connectivity index (χ0v) is 20.2. The van der Waals surface area contributed by atoms with Gasteiger partial charge in [0.15, 0.2) is 10.8 Å². The highest BCUT2D eigenvalue weighted by molar-refractivity contribution is 7.14. The number of benzene rings is 2.